The number of benzene rings is 1. The van der Waals surface area contributed by atoms with Gasteiger partial charge in [-0.2, -0.15) is 0 Å². The number of imidazole rings is 2. The van der Waals surface area contributed by atoms with Crippen molar-refractivity contribution >= 4 is 16.7 Å². The van der Waals surface area contributed by atoms with E-state index in [1.54, 1.807) is 19.4 Å². The Morgan fingerprint density at radius 3 is 2.81 bits per heavy atom. The molecule has 21 heavy (non-hydrogen) atoms. The standard InChI is InChI=1S/C15H19N5O/c1-10(8-19-6-5-17-9-19)20-14-4-3-12(16)7-13(14)18-15(20)11(2)21/h3-7,9-11,21H,8,16H2,1-2H3. The first-order chi connectivity index (χ1) is 10.1. The lowest BCUT2D eigenvalue weighted by atomic mass is 10.2. The van der Waals surface area contributed by atoms with Gasteiger partial charge in [-0.15, -0.1) is 0 Å². The van der Waals surface area contributed by atoms with E-state index in [1.165, 1.54) is 0 Å². The lowest BCUT2D eigenvalue weighted by Crippen LogP contribution is -2.16. The highest BCUT2D eigenvalue weighted by Crippen LogP contribution is 2.27. The van der Waals surface area contributed by atoms with Crippen molar-refractivity contribution in [3.05, 3.63) is 42.7 Å². The maximum absolute atomic E-state index is 10.0. The summed E-state index contributed by atoms with van der Waals surface area (Å²) in [6.45, 7) is 4.59. The first-order valence-electron chi connectivity index (χ1n) is 6.97. The Morgan fingerprint density at radius 1 is 1.33 bits per heavy atom. The van der Waals surface area contributed by atoms with Crippen molar-refractivity contribution in [3.63, 3.8) is 0 Å². The molecule has 2 atom stereocenters. The van der Waals surface area contributed by atoms with Crippen molar-refractivity contribution < 1.29 is 5.11 Å². The molecule has 0 aliphatic carbocycles. The molecule has 0 spiro atoms. The van der Waals surface area contributed by atoms with Gasteiger partial charge in [-0.3, -0.25) is 0 Å². The number of aliphatic hydroxyl groups is 1. The molecule has 6 heteroatoms. The van der Waals surface area contributed by atoms with Crippen LogP contribution in [-0.4, -0.2) is 24.2 Å². The number of hydrogen-bond donors (Lipinski definition) is 2. The molecule has 3 aromatic rings. The first-order valence-corrected chi connectivity index (χ1v) is 6.97. The van der Waals surface area contributed by atoms with Gasteiger partial charge in [0.1, 0.15) is 11.9 Å². The normalized spacial score (nSPS) is 14.4. The molecule has 0 saturated heterocycles. The molecule has 0 aliphatic rings. The number of nitrogens with two attached hydrogens (primary N) is 1. The van der Waals surface area contributed by atoms with Crippen LogP contribution in [0, 0.1) is 0 Å². The number of rotatable bonds is 4. The zero-order chi connectivity index (χ0) is 15.0. The molecule has 0 aliphatic heterocycles. The monoisotopic (exact) mass is 285 g/mol. The molecule has 0 fully saturated rings. The zero-order valence-corrected chi connectivity index (χ0v) is 12.1. The van der Waals surface area contributed by atoms with Crippen molar-refractivity contribution in [1.29, 1.82) is 0 Å². The summed E-state index contributed by atoms with van der Waals surface area (Å²) < 4.78 is 4.08. The number of anilines is 1. The van der Waals surface area contributed by atoms with Crippen LogP contribution in [0.1, 0.15) is 31.8 Å². The van der Waals surface area contributed by atoms with Crippen molar-refractivity contribution in [2.75, 3.05) is 5.73 Å². The van der Waals surface area contributed by atoms with Gasteiger partial charge in [0, 0.05) is 24.6 Å². The Labute approximate surface area is 122 Å². The van der Waals surface area contributed by atoms with Crippen molar-refractivity contribution in [2.24, 2.45) is 0 Å². The highest BCUT2D eigenvalue weighted by atomic mass is 16.3. The number of hydrogen-bond acceptors (Lipinski definition) is 4. The van der Waals surface area contributed by atoms with E-state index in [1.807, 2.05) is 29.0 Å². The Bertz CT molecular complexity index is 745. The molecule has 110 valence electrons. The summed E-state index contributed by atoms with van der Waals surface area (Å²) in [6.07, 6.45) is 4.84. The average Bonchev–Trinajstić information content (AvgIpc) is 3.04. The highest BCUT2D eigenvalue weighted by Gasteiger charge is 2.19. The van der Waals surface area contributed by atoms with Gasteiger partial charge >= 0.3 is 0 Å². The molecule has 2 unspecified atom stereocenters. The summed E-state index contributed by atoms with van der Waals surface area (Å²) in [5.74, 6) is 0.656. The molecule has 3 N–H and O–H groups in total. The van der Waals surface area contributed by atoms with E-state index in [0.29, 0.717) is 11.5 Å². The van der Waals surface area contributed by atoms with E-state index in [4.69, 9.17) is 5.73 Å². The van der Waals surface area contributed by atoms with Gasteiger partial charge in [0.05, 0.1) is 23.4 Å². The van der Waals surface area contributed by atoms with Gasteiger partial charge in [-0.05, 0) is 32.0 Å². The third-order valence-corrected chi connectivity index (χ3v) is 3.59. The minimum absolute atomic E-state index is 0.137. The quantitative estimate of drug-likeness (QED) is 0.719. The number of nitrogen functional groups attached to an aromatic ring is 1. The summed E-state index contributed by atoms with van der Waals surface area (Å²) in [6, 6.07) is 5.78. The van der Waals surface area contributed by atoms with Gasteiger partial charge in [0.15, 0.2) is 0 Å². The Morgan fingerprint density at radius 2 is 2.14 bits per heavy atom. The van der Waals surface area contributed by atoms with Crippen LogP contribution in [0.5, 0.6) is 0 Å². The lowest BCUT2D eigenvalue weighted by molar-refractivity contribution is 0.181. The molecule has 2 aromatic heterocycles. The van der Waals surface area contributed by atoms with Gasteiger partial charge in [0.25, 0.3) is 0 Å². The number of fused-ring (bicyclic) bond motifs is 1. The van der Waals surface area contributed by atoms with Crippen molar-refractivity contribution in [1.82, 2.24) is 19.1 Å². The number of aromatic nitrogens is 4. The largest absolute Gasteiger partial charge is 0.399 e. The summed E-state index contributed by atoms with van der Waals surface area (Å²) in [4.78, 5) is 8.59. The molecular weight excluding hydrogens is 266 g/mol. The van der Waals surface area contributed by atoms with Crippen LogP contribution in [0.3, 0.4) is 0 Å². The minimum atomic E-state index is -0.635. The summed E-state index contributed by atoms with van der Waals surface area (Å²) in [5, 5.41) is 10.0. The van der Waals surface area contributed by atoms with Crippen LogP contribution in [-0.2, 0) is 6.54 Å². The third kappa shape index (κ3) is 2.50. The highest BCUT2D eigenvalue weighted by molar-refractivity contribution is 5.79. The number of aliphatic hydroxyl groups excluding tert-OH is 1. The first kappa shape index (κ1) is 13.6. The molecule has 1 aromatic carbocycles. The van der Waals surface area contributed by atoms with Crippen LogP contribution < -0.4 is 5.73 Å². The maximum atomic E-state index is 10.0. The van der Waals surface area contributed by atoms with Gasteiger partial charge < -0.3 is 20.0 Å². The second-order valence-corrected chi connectivity index (χ2v) is 5.37. The zero-order valence-electron chi connectivity index (χ0n) is 12.1. The van der Waals surface area contributed by atoms with E-state index in [-0.39, 0.29) is 6.04 Å². The molecule has 0 saturated carbocycles. The number of nitrogens with zero attached hydrogens (tertiary/aromatic N) is 4. The van der Waals surface area contributed by atoms with E-state index in [2.05, 4.69) is 21.5 Å². The van der Waals surface area contributed by atoms with Crippen LogP contribution in [0.25, 0.3) is 11.0 Å². The van der Waals surface area contributed by atoms with E-state index < -0.39 is 6.10 Å². The second-order valence-electron chi connectivity index (χ2n) is 5.37. The van der Waals surface area contributed by atoms with Crippen LogP contribution in [0.2, 0.25) is 0 Å². The molecule has 3 rings (SSSR count). The smallest absolute Gasteiger partial charge is 0.138 e. The average molecular weight is 285 g/mol. The van der Waals surface area contributed by atoms with Crippen LogP contribution in [0.15, 0.2) is 36.9 Å². The predicted molar refractivity (Wildman–Crippen MR) is 81.7 cm³/mol. The summed E-state index contributed by atoms with van der Waals surface area (Å²) in [5.41, 5.74) is 8.28. The fourth-order valence-corrected chi connectivity index (χ4v) is 2.67. The maximum Gasteiger partial charge on any atom is 0.138 e. The van der Waals surface area contributed by atoms with E-state index in [0.717, 1.165) is 17.6 Å². The predicted octanol–water partition coefficient (Wildman–Crippen LogP) is 2.13. The van der Waals surface area contributed by atoms with E-state index >= 15 is 0 Å². The van der Waals surface area contributed by atoms with E-state index in [9.17, 15) is 5.11 Å². The second kappa shape index (κ2) is 5.21. The Hall–Kier alpha value is -2.34. The topological polar surface area (TPSA) is 81.9 Å². The molecule has 0 amide bonds. The van der Waals surface area contributed by atoms with Gasteiger partial charge in [-0.1, -0.05) is 0 Å². The van der Waals surface area contributed by atoms with Gasteiger partial charge in [-0.25, -0.2) is 9.97 Å². The van der Waals surface area contributed by atoms with Crippen LogP contribution >= 0.6 is 0 Å². The Balaban J connectivity index is 2.08. The van der Waals surface area contributed by atoms with Crippen molar-refractivity contribution in [2.45, 2.75) is 32.5 Å². The SMILES string of the molecule is CC(O)c1nc2cc(N)ccc2n1C(C)Cn1ccnc1. The van der Waals surface area contributed by atoms with Crippen molar-refractivity contribution in [3.8, 4) is 0 Å². The molecular formula is C15H19N5O. The summed E-state index contributed by atoms with van der Waals surface area (Å²) >= 11 is 0. The molecule has 0 radical (unpaired) electrons. The molecule has 0 bridgehead atoms. The fraction of sp³-hybridized carbons (Fsp3) is 0.333. The minimum Gasteiger partial charge on any atom is -0.399 e. The molecule has 6 nitrogen and oxygen atoms in total. The Kier molecular flexibility index (Phi) is 3.39. The van der Waals surface area contributed by atoms with Gasteiger partial charge in [0.2, 0.25) is 0 Å². The van der Waals surface area contributed by atoms with Crippen LogP contribution in [0.4, 0.5) is 5.69 Å². The fourth-order valence-electron chi connectivity index (χ4n) is 2.67. The lowest BCUT2D eigenvalue weighted by Gasteiger charge is -2.19. The summed E-state index contributed by atoms with van der Waals surface area (Å²) in [7, 11) is 0. The molecule has 2 heterocycles. The third-order valence-electron chi connectivity index (χ3n) is 3.59.